The minimum atomic E-state index is -0.961. The molecule has 0 heterocycles. The van der Waals surface area contributed by atoms with Crippen LogP contribution in [-0.2, 0) is 0 Å². The van der Waals surface area contributed by atoms with Gasteiger partial charge < -0.3 is 0 Å². The molecule has 2 heteroatoms. The third-order valence-corrected chi connectivity index (χ3v) is 15.8. The molecule has 0 aromatic heterocycles. The van der Waals surface area contributed by atoms with E-state index in [9.17, 15) is 0 Å². The van der Waals surface area contributed by atoms with Crippen LogP contribution in [-0.4, -0.2) is 0 Å². The van der Waals surface area contributed by atoms with Gasteiger partial charge in [-0.1, -0.05) is 166 Å². The lowest BCUT2D eigenvalue weighted by Gasteiger charge is -2.30. The number of aryl methyl sites for hydroxylation is 10. The summed E-state index contributed by atoms with van der Waals surface area (Å²) in [5.74, 6) is 0. The van der Waals surface area contributed by atoms with E-state index in [2.05, 4.69) is 203 Å². The maximum atomic E-state index is 2.56. The molecule has 0 aliphatic rings. The van der Waals surface area contributed by atoms with Crippen LogP contribution in [0.3, 0.4) is 0 Å². The number of hydrogen-bond acceptors (Lipinski definition) is 0. The smallest absolute Gasteiger partial charge is 0.000863 e. The SMILES string of the molecule is Cc1cc(C)cc(P(c2cc(C)cc(C)c2)c2cc(C)c3ccccc3c2-c2c(P(c3cc(C)cc(C)c3)c3cc(C)cc(C)c3)cc(C)c3ccccc23)c1. The lowest BCUT2D eigenvalue weighted by atomic mass is 9.90. The molecule has 0 spiro atoms. The molecule has 0 fully saturated rings. The zero-order valence-corrected chi connectivity index (χ0v) is 36.4. The van der Waals surface area contributed by atoms with Crippen molar-refractivity contribution in [2.45, 2.75) is 69.2 Å². The molecule has 0 atom stereocenters. The van der Waals surface area contributed by atoms with E-state index in [0.29, 0.717) is 0 Å². The van der Waals surface area contributed by atoms with Gasteiger partial charge in [-0.3, -0.25) is 0 Å². The molecule has 8 aromatic rings. The van der Waals surface area contributed by atoms with E-state index in [-0.39, 0.29) is 0 Å². The van der Waals surface area contributed by atoms with Gasteiger partial charge in [0.2, 0.25) is 0 Å². The summed E-state index contributed by atoms with van der Waals surface area (Å²) in [6.07, 6.45) is 0. The fraction of sp³-hybridized carbons (Fsp3) is 0.185. The van der Waals surface area contributed by atoms with Gasteiger partial charge in [0.25, 0.3) is 0 Å². The summed E-state index contributed by atoms with van der Waals surface area (Å²) in [6, 6.07) is 52.4. The molecule has 0 aliphatic heterocycles. The molecule has 0 saturated carbocycles. The Kier molecular flexibility index (Phi) is 10.3. The first-order valence-corrected chi connectivity index (χ1v) is 22.5. The van der Waals surface area contributed by atoms with Gasteiger partial charge in [0.1, 0.15) is 0 Å². The van der Waals surface area contributed by atoms with Crippen LogP contribution in [0.4, 0.5) is 0 Å². The Labute approximate surface area is 337 Å². The third-order valence-electron chi connectivity index (χ3n) is 11.1. The topological polar surface area (TPSA) is 0 Å². The van der Waals surface area contributed by atoms with Gasteiger partial charge in [-0.2, -0.15) is 0 Å². The zero-order valence-electron chi connectivity index (χ0n) is 34.6. The van der Waals surface area contributed by atoms with Gasteiger partial charge in [-0.25, -0.2) is 0 Å². The van der Waals surface area contributed by atoms with Gasteiger partial charge in [-0.15, -0.1) is 0 Å². The van der Waals surface area contributed by atoms with Crippen LogP contribution < -0.4 is 31.8 Å². The molecule has 0 N–H and O–H groups in total. The molecule has 0 nitrogen and oxygen atoms in total. The Balaban J connectivity index is 1.60. The predicted octanol–water partition coefficient (Wildman–Crippen LogP) is 12.3. The molecule has 8 aromatic carbocycles. The van der Waals surface area contributed by atoms with Crippen molar-refractivity contribution < 1.29 is 0 Å². The fourth-order valence-electron chi connectivity index (χ4n) is 9.13. The normalized spacial score (nSPS) is 11.7. The monoisotopic (exact) mass is 762 g/mol. The minimum Gasteiger partial charge on any atom is -0.0616 e. The van der Waals surface area contributed by atoms with Gasteiger partial charge in [0.15, 0.2) is 0 Å². The molecule has 56 heavy (non-hydrogen) atoms. The highest BCUT2D eigenvalue weighted by Crippen LogP contribution is 2.47. The van der Waals surface area contributed by atoms with E-state index < -0.39 is 15.8 Å². The summed E-state index contributed by atoms with van der Waals surface area (Å²) in [7, 11) is -1.92. The number of hydrogen-bond donors (Lipinski definition) is 0. The van der Waals surface area contributed by atoms with E-state index >= 15 is 0 Å². The highest BCUT2D eigenvalue weighted by atomic mass is 31.1. The van der Waals surface area contributed by atoms with Gasteiger partial charge >= 0.3 is 0 Å². The van der Waals surface area contributed by atoms with Crippen molar-refractivity contribution in [3.63, 3.8) is 0 Å². The Bertz CT molecular complexity index is 2440. The summed E-state index contributed by atoms with van der Waals surface area (Å²) in [4.78, 5) is 0. The van der Waals surface area contributed by atoms with Crippen molar-refractivity contribution in [3.05, 3.63) is 189 Å². The lowest BCUT2D eigenvalue weighted by Crippen LogP contribution is -2.27. The van der Waals surface area contributed by atoms with Crippen molar-refractivity contribution in [2.24, 2.45) is 0 Å². The van der Waals surface area contributed by atoms with Crippen molar-refractivity contribution in [2.75, 3.05) is 0 Å². The van der Waals surface area contributed by atoms with E-state index in [1.807, 2.05) is 0 Å². The number of rotatable bonds is 7. The molecule has 0 aliphatic carbocycles. The maximum Gasteiger partial charge on any atom is -0.000863 e. The van der Waals surface area contributed by atoms with Crippen molar-refractivity contribution in [1.82, 2.24) is 0 Å². The van der Waals surface area contributed by atoms with Crippen LogP contribution in [0.1, 0.15) is 55.6 Å². The maximum absolute atomic E-state index is 2.56. The quantitative estimate of drug-likeness (QED) is 0.142. The summed E-state index contributed by atoms with van der Waals surface area (Å²) >= 11 is 0. The van der Waals surface area contributed by atoms with Crippen molar-refractivity contribution >= 4 is 69.2 Å². The Morgan fingerprint density at radius 2 is 0.500 bits per heavy atom. The van der Waals surface area contributed by atoms with Gasteiger partial charge in [-0.05, 0) is 173 Å². The van der Waals surface area contributed by atoms with Crippen molar-refractivity contribution in [1.29, 1.82) is 0 Å². The standard InChI is InChI=1S/C54H52P2/c1-33-19-34(2)24-43(23-33)55(44-25-35(3)20-36(4)26-44)51-31-41(9)47-15-11-13-17-49(47)53(51)54-50-18-14-12-16-48(50)42(10)32-52(54)56(45-27-37(5)21-38(6)28-45)46-29-39(7)22-40(8)30-46/h11-32H,1-10H3. The molecule has 8 rings (SSSR count). The van der Waals surface area contributed by atoms with E-state index in [4.69, 9.17) is 0 Å². The van der Waals surface area contributed by atoms with Gasteiger partial charge in [0, 0.05) is 0 Å². The van der Waals surface area contributed by atoms with Crippen LogP contribution in [0.2, 0.25) is 0 Å². The van der Waals surface area contributed by atoms with Gasteiger partial charge in [0.05, 0.1) is 0 Å². The summed E-state index contributed by atoms with van der Waals surface area (Å²) in [6.45, 7) is 22.7. The summed E-state index contributed by atoms with van der Waals surface area (Å²) in [5, 5.41) is 13.8. The first-order valence-electron chi connectivity index (χ1n) is 19.8. The number of fused-ring (bicyclic) bond motifs is 2. The molecule has 0 radical (unpaired) electrons. The Morgan fingerprint density at radius 3 is 0.750 bits per heavy atom. The van der Waals surface area contributed by atoms with Crippen molar-refractivity contribution in [3.8, 4) is 11.1 Å². The average molecular weight is 763 g/mol. The highest BCUT2D eigenvalue weighted by Gasteiger charge is 2.30. The fourth-order valence-corrected chi connectivity index (χ4v) is 15.1. The Morgan fingerprint density at radius 1 is 0.268 bits per heavy atom. The molecule has 0 unspecified atom stereocenters. The van der Waals surface area contributed by atoms with Crippen LogP contribution in [0.5, 0.6) is 0 Å². The van der Waals surface area contributed by atoms with E-state index in [0.717, 1.165) is 0 Å². The summed E-state index contributed by atoms with van der Waals surface area (Å²) in [5.41, 5.74) is 15.9. The number of benzene rings is 8. The molecule has 0 amide bonds. The molecular weight excluding hydrogens is 711 g/mol. The van der Waals surface area contributed by atoms with E-state index in [1.165, 1.54) is 120 Å². The summed E-state index contributed by atoms with van der Waals surface area (Å²) < 4.78 is 0. The molecule has 0 bridgehead atoms. The zero-order chi connectivity index (χ0) is 39.4. The van der Waals surface area contributed by atoms with Crippen LogP contribution in [0.25, 0.3) is 32.7 Å². The first kappa shape index (κ1) is 38.0. The van der Waals surface area contributed by atoms with E-state index in [1.54, 1.807) is 0 Å². The second-order valence-electron chi connectivity index (χ2n) is 16.3. The second kappa shape index (κ2) is 15.2. The second-order valence-corrected chi connectivity index (χ2v) is 20.7. The predicted molar refractivity (Wildman–Crippen MR) is 252 cm³/mol. The van der Waals surface area contributed by atoms with Crippen LogP contribution in [0.15, 0.2) is 133 Å². The Hall–Kier alpha value is -4.86. The van der Waals surface area contributed by atoms with Crippen LogP contribution >= 0.6 is 15.8 Å². The molecule has 0 saturated heterocycles. The molecular formula is C54H52P2. The largest absolute Gasteiger partial charge is 0.0616 e. The molecule has 278 valence electrons. The minimum absolute atomic E-state index is 0.961. The lowest BCUT2D eigenvalue weighted by molar-refractivity contribution is 1.40. The average Bonchev–Trinajstić information content (AvgIpc) is 3.11. The van der Waals surface area contributed by atoms with Crippen LogP contribution in [0, 0.1) is 69.2 Å². The first-order chi connectivity index (χ1) is 26.8. The third kappa shape index (κ3) is 7.27. The highest BCUT2D eigenvalue weighted by molar-refractivity contribution is 7.81.